The Morgan fingerprint density at radius 1 is 1.23 bits per heavy atom. The summed E-state index contributed by atoms with van der Waals surface area (Å²) in [6, 6.07) is 12.3. The monoisotopic (exact) mass is 452 g/mol. The van der Waals surface area contributed by atoms with Crippen molar-refractivity contribution in [2.45, 2.75) is 45.5 Å². The molecule has 0 unspecified atom stereocenters. The van der Waals surface area contributed by atoms with Gasteiger partial charge < -0.3 is 9.74 Å². The number of alkyl halides is 3. The van der Waals surface area contributed by atoms with Crippen LogP contribution in [0.1, 0.15) is 43.4 Å². The fourth-order valence-corrected chi connectivity index (χ4v) is 3.51. The smallest absolute Gasteiger partial charge is 0.390 e. The summed E-state index contributed by atoms with van der Waals surface area (Å²) in [4.78, 5) is 19.9. The number of carbonyl (C=O) groups is 1. The van der Waals surface area contributed by atoms with E-state index in [-0.39, 0.29) is 31.0 Å². The number of benzene rings is 2. The first-order valence-corrected chi connectivity index (χ1v) is 10.4. The number of halogens is 4. The van der Waals surface area contributed by atoms with Crippen molar-refractivity contribution in [1.29, 1.82) is 0 Å². The molecule has 8 heteroatoms. The highest BCUT2D eigenvalue weighted by atomic mass is 35.5. The van der Waals surface area contributed by atoms with Crippen molar-refractivity contribution in [2.75, 3.05) is 6.54 Å². The van der Waals surface area contributed by atoms with Gasteiger partial charge >= 0.3 is 6.18 Å². The zero-order valence-electron chi connectivity index (χ0n) is 17.3. The molecule has 0 N–H and O–H groups in total. The van der Waals surface area contributed by atoms with E-state index in [1.807, 2.05) is 26.0 Å². The maximum absolute atomic E-state index is 13.1. The van der Waals surface area contributed by atoms with E-state index in [1.165, 1.54) is 6.07 Å². The molecule has 2 aromatic rings. The van der Waals surface area contributed by atoms with E-state index in [0.29, 0.717) is 23.4 Å². The lowest BCUT2D eigenvalue weighted by Gasteiger charge is -2.26. The summed E-state index contributed by atoms with van der Waals surface area (Å²) in [7, 11) is 0. The summed E-state index contributed by atoms with van der Waals surface area (Å²) < 4.78 is 39.2. The summed E-state index contributed by atoms with van der Waals surface area (Å²) >= 11 is 5.92. The van der Waals surface area contributed by atoms with Gasteiger partial charge in [0.1, 0.15) is 0 Å². The van der Waals surface area contributed by atoms with Crippen LogP contribution >= 0.6 is 11.6 Å². The first kappa shape index (κ1) is 23.1. The lowest BCUT2D eigenvalue weighted by Crippen LogP contribution is -2.37. The number of oxime groups is 1. The Morgan fingerprint density at radius 3 is 2.58 bits per heavy atom. The maximum Gasteiger partial charge on any atom is 0.416 e. The third-order valence-electron chi connectivity index (χ3n) is 4.90. The topological polar surface area (TPSA) is 41.9 Å². The second-order valence-electron chi connectivity index (χ2n) is 8.05. The number of hydrogen-bond donors (Lipinski definition) is 0. The molecule has 166 valence electrons. The lowest BCUT2D eigenvalue weighted by atomic mass is 10.0. The highest BCUT2D eigenvalue weighted by Crippen LogP contribution is 2.30. The molecule has 1 atom stereocenters. The molecular weight excluding hydrogens is 429 g/mol. The number of carbonyl (C=O) groups excluding carboxylic acids is 1. The van der Waals surface area contributed by atoms with Gasteiger partial charge in [0.15, 0.2) is 6.10 Å². The molecule has 0 spiro atoms. The summed E-state index contributed by atoms with van der Waals surface area (Å²) in [5.41, 5.74) is 1.32. The van der Waals surface area contributed by atoms with Crippen molar-refractivity contribution in [3.63, 3.8) is 0 Å². The molecule has 1 aliphatic heterocycles. The normalized spacial score (nSPS) is 16.2. The predicted molar refractivity (Wildman–Crippen MR) is 114 cm³/mol. The highest BCUT2D eigenvalue weighted by Gasteiger charge is 2.31. The average Bonchev–Trinajstić information content (AvgIpc) is 3.15. The van der Waals surface area contributed by atoms with Gasteiger partial charge in [-0.1, -0.05) is 54.9 Å². The van der Waals surface area contributed by atoms with Crippen molar-refractivity contribution in [3.05, 3.63) is 70.2 Å². The van der Waals surface area contributed by atoms with Gasteiger partial charge in [0.2, 0.25) is 5.91 Å². The van der Waals surface area contributed by atoms with Crippen LogP contribution in [0.15, 0.2) is 53.7 Å². The standard InChI is InChI=1S/C23H24ClF3N2O2/c1-15(2)10-22(30)29(13-16-4-3-5-18(11-16)23(25,26)27)14-20-12-21(28-31-20)17-6-8-19(24)9-7-17/h3-9,11,15,20H,10,12-14H2,1-2H3/t20-/m0/s1. The second kappa shape index (κ2) is 9.73. The second-order valence-corrected chi connectivity index (χ2v) is 8.48. The SMILES string of the molecule is CC(C)CC(=O)N(Cc1cccc(C(F)(F)F)c1)C[C@@H]1CC(c2ccc(Cl)cc2)=NO1. The fraction of sp³-hybridized carbons (Fsp3) is 0.391. The molecule has 1 heterocycles. The summed E-state index contributed by atoms with van der Waals surface area (Å²) in [5, 5.41) is 4.75. The Balaban J connectivity index is 1.71. The van der Waals surface area contributed by atoms with Crippen molar-refractivity contribution in [2.24, 2.45) is 11.1 Å². The van der Waals surface area contributed by atoms with E-state index >= 15 is 0 Å². The van der Waals surface area contributed by atoms with E-state index in [9.17, 15) is 18.0 Å². The van der Waals surface area contributed by atoms with Gasteiger partial charge in [-0.15, -0.1) is 0 Å². The van der Waals surface area contributed by atoms with E-state index in [4.69, 9.17) is 16.4 Å². The molecular formula is C23H24ClF3N2O2. The van der Waals surface area contributed by atoms with Crippen LogP contribution in [0, 0.1) is 5.92 Å². The first-order valence-electron chi connectivity index (χ1n) is 10.0. The summed E-state index contributed by atoms with van der Waals surface area (Å²) in [6.07, 6.45) is -4.00. The first-order chi connectivity index (χ1) is 14.6. The van der Waals surface area contributed by atoms with E-state index in [0.717, 1.165) is 23.4 Å². The van der Waals surface area contributed by atoms with Crippen molar-refractivity contribution < 1.29 is 22.8 Å². The molecule has 0 bridgehead atoms. The van der Waals surface area contributed by atoms with Gasteiger partial charge in [0, 0.05) is 24.4 Å². The van der Waals surface area contributed by atoms with Crippen LogP contribution in [0.5, 0.6) is 0 Å². The zero-order chi connectivity index (χ0) is 22.6. The van der Waals surface area contributed by atoms with Crippen LogP contribution in [0.3, 0.4) is 0 Å². The predicted octanol–water partition coefficient (Wildman–Crippen LogP) is 5.93. The Labute approximate surface area is 184 Å². The minimum atomic E-state index is -4.43. The van der Waals surface area contributed by atoms with Crippen LogP contribution < -0.4 is 0 Å². The largest absolute Gasteiger partial charge is 0.416 e. The van der Waals surface area contributed by atoms with Gasteiger partial charge in [-0.25, -0.2) is 0 Å². The van der Waals surface area contributed by atoms with Gasteiger partial charge in [0.05, 0.1) is 17.8 Å². The molecule has 1 aliphatic rings. The van der Waals surface area contributed by atoms with E-state index in [2.05, 4.69) is 5.16 Å². The fourth-order valence-electron chi connectivity index (χ4n) is 3.38. The van der Waals surface area contributed by atoms with Crippen LogP contribution in [-0.4, -0.2) is 29.2 Å². The van der Waals surface area contributed by atoms with Crippen molar-refractivity contribution >= 4 is 23.2 Å². The molecule has 4 nitrogen and oxygen atoms in total. The molecule has 1 amide bonds. The minimum Gasteiger partial charge on any atom is -0.390 e. The average molecular weight is 453 g/mol. The van der Waals surface area contributed by atoms with Crippen molar-refractivity contribution in [1.82, 2.24) is 4.90 Å². The Morgan fingerprint density at radius 2 is 1.94 bits per heavy atom. The third kappa shape index (κ3) is 6.47. The number of rotatable bonds is 7. The van der Waals surface area contributed by atoms with Crippen LogP contribution in [0.2, 0.25) is 5.02 Å². The Bertz CT molecular complexity index is 943. The molecule has 0 aliphatic carbocycles. The molecule has 0 fully saturated rings. The van der Waals surface area contributed by atoms with Crippen molar-refractivity contribution in [3.8, 4) is 0 Å². The molecule has 0 saturated carbocycles. The maximum atomic E-state index is 13.1. The zero-order valence-corrected chi connectivity index (χ0v) is 18.1. The summed E-state index contributed by atoms with van der Waals surface area (Å²) in [5.74, 6) is -0.00200. The van der Waals surface area contributed by atoms with E-state index < -0.39 is 11.7 Å². The Hall–Kier alpha value is -2.54. The molecule has 2 aromatic carbocycles. The van der Waals surface area contributed by atoms with Gasteiger partial charge in [-0.05, 0) is 41.3 Å². The van der Waals surface area contributed by atoms with Crippen LogP contribution in [-0.2, 0) is 22.4 Å². The molecule has 0 aromatic heterocycles. The molecule has 0 radical (unpaired) electrons. The van der Waals surface area contributed by atoms with E-state index in [1.54, 1.807) is 23.1 Å². The molecule has 0 saturated heterocycles. The van der Waals surface area contributed by atoms with Gasteiger partial charge in [-0.3, -0.25) is 4.79 Å². The highest BCUT2D eigenvalue weighted by molar-refractivity contribution is 6.30. The van der Waals surface area contributed by atoms with Crippen LogP contribution in [0.4, 0.5) is 13.2 Å². The quantitative estimate of drug-likeness (QED) is 0.522. The summed E-state index contributed by atoms with van der Waals surface area (Å²) in [6.45, 7) is 4.16. The minimum absolute atomic E-state index is 0.0750. The number of nitrogens with zero attached hydrogens (tertiary/aromatic N) is 2. The third-order valence-corrected chi connectivity index (χ3v) is 5.15. The lowest BCUT2D eigenvalue weighted by molar-refractivity contribution is -0.137. The van der Waals surface area contributed by atoms with Gasteiger partial charge in [0.25, 0.3) is 0 Å². The Kier molecular flexibility index (Phi) is 7.26. The van der Waals surface area contributed by atoms with Gasteiger partial charge in [-0.2, -0.15) is 13.2 Å². The molecule has 3 rings (SSSR count). The number of amides is 1. The van der Waals surface area contributed by atoms with Crippen LogP contribution in [0.25, 0.3) is 0 Å². The molecule has 31 heavy (non-hydrogen) atoms. The number of hydrogen-bond acceptors (Lipinski definition) is 3.